The summed E-state index contributed by atoms with van der Waals surface area (Å²) in [6.07, 6.45) is 1.66. The zero-order chi connectivity index (χ0) is 24.4. The maximum absolute atomic E-state index is 13.5. The van der Waals surface area contributed by atoms with Crippen molar-refractivity contribution in [2.45, 2.75) is 26.3 Å². The van der Waals surface area contributed by atoms with E-state index in [4.69, 9.17) is 9.72 Å². The molecule has 1 N–H and O–H groups in total. The van der Waals surface area contributed by atoms with Crippen LogP contribution in [0.25, 0.3) is 15.9 Å². The predicted octanol–water partition coefficient (Wildman–Crippen LogP) is 4.30. The maximum atomic E-state index is 13.5. The minimum atomic E-state index is -0.178. The molecule has 0 spiro atoms. The molecular weight excluding hydrogens is 460 g/mol. The van der Waals surface area contributed by atoms with Crippen LogP contribution in [0, 0.1) is 12.8 Å². The van der Waals surface area contributed by atoms with E-state index >= 15 is 0 Å². The van der Waals surface area contributed by atoms with Crippen molar-refractivity contribution in [1.29, 1.82) is 0 Å². The molecule has 0 bridgehead atoms. The third kappa shape index (κ3) is 4.79. The molecule has 2 aromatic heterocycles. The number of thiophene rings is 1. The lowest BCUT2D eigenvalue weighted by Gasteiger charge is -2.34. The van der Waals surface area contributed by atoms with Crippen molar-refractivity contribution in [2.75, 3.05) is 25.1 Å². The Kier molecular flexibility index (Phi) is 6.55. The molecule has 1 fully saturated rings. The Balaban J connectivity index is 1.40. The molecule has 1 saturated heterocycles. The molecule has 3 heterocycles. The smallest absolute Gasteiger partial charge is 0.277 e. The summed E-state index contributed by atoms with van der Waals surface area (Å²) in [6, 6.07) is 17.5. The first-order valence-electron chi connectivity index (χ1n) is 11.8. The third-order valence-electron chi connectivity index (χ3n) is 6.42. The summed E-state index contributed by atoms with van der Waals surface area (Å²) in [5, 5.41) is 4.97. The molecular formula is C27H28N4O3S. The van der Waals surface area contributed by atoms with Crippen molar-refractivity contribution in [3.8, 4) is 11.4 Å². The van der Waals surface area contributed by atoms with Gasteiger partial charge in [0.05, 0.1) is 24.2 Å². The number of carbonyl (C=O) groups is 1. The van der Waals surface area contributed by atoms with Gasteiger partial charge in [0.15, 0.2) is 0 Å². The Morgan fingerprint density at radius 1 is 1.20 bits per heavy atom. The first-order chi connectivity index (χ1) is 17.0. The molecule has 4 aromatic rings. The largest absolute Gasteiger partial charge is 0.497 e. The van der Waals surface area contributed by atoms with Crippen molar-refractivity contribution < 1.29 is 9.53 Å². The summed E-state index contributed by atoms with van der Waals surface area (Å²) in [5.41, 5.74) is 3.51. The van der Waals surface area contributed by atoms with Crippen molar-refractivity contribution in [3.05, 3.63) is 81.5 Å². The summed E-state index contributed by atoms with van der Waals surface area (Å²) in [7, 11) is 1.63. The molecule has 0 aliphatic carbocycles. The number of piperidine rings is 1. The van der Waals surface area contributed by atoms with Crippen molar-refractivity contribution >= 4 is 33.4 Å². The van der Waals surface area contributed by atoms with Crippen LogP contribution in [0.1, 0.15) is 24.0 Å². The lowest BCUT2D eigenvalue weighted by molar-refractivity contribution is -0.125. The lowest BCUT2D eigenvalue weighted by atomic mass is 9.97. The second-order valence-corrected chi connectivity index (χ2v) is 9.79. The van der Waals surface area contributed by atoms with Gasteiger partial charge in [0, 0.05) is 19.6 Å². The molecule has 2 aromatic carbocycles. The number of hydrogen-bond acceptors (Lipinski definition) is 6. The Hall–Kier alpha value is -3.65. The SMILES string of the molecule is COc1ccc(CNC(=O)C2CCCN(c3nc4ccsc4c(=O)n3-c3cccc(C)c3)C2)cc1. The highest BCUT2D eigenvalue weighted by atomic mass is 32.1. The van der Waals surface area contributed by atoms with Crippen LogP contribution in [-0.2, 0) is 11.3 Å². The second kappa shape index (κ2) is 9.92. The average molecular weight is 489 g/mol. The van der Waals surface area contributed by atoms with Crippen LogP contribution in [0.2, 0.25) is 0 Å². The van der Waals surface area contributed by atoms with Gasteiger partial charge in [-0.05, 0) is 66.6 Å². The zero-order valence-corrected chi connectivity index (χ0v) is 20.7. The molecule has 1 unspecified atom stereocenters. The number of anilines is 1. The van der Waals surface area contributed by atoms with Crippen molar-refractivity contribution in [3.63, 3.8) is 0 Å². The monoisotopic (exact) mass is 488 g/mol. The van der Waals surface area contributed by atoms with E-state index in [9.17, 15) is 9.59 Å². The van der Waals surface area contributed by atoms with Gasteiger partial charge < -0.3 is 15.0 Å². The minimum Gasteiger partial charge on any atom is -0.497 e. The Labute approximate surface area is 208 Å². The number of methoxy groups -OCH3 is 1. The standard InChI is InChI=1S/C27H28N4O3S/c1-18-5-3-7-21(15-18)31-26(33)24-23(12-14-35-24)29-27(31)30-13-4-6-20(17-30)25(32)28-16-19-8-10-22(34-2)11-9-19/h3,5,7-12,14-15,20H,4,6,13,16-17H2,1-2H3,(H,28,32). The quantitative estimate of drug-likeness (QED) is 0.438. The van der Waals surface area contributed by atoms with Crippen LogP contribution in [0.4, 0.5) is 5.95 Å². The number of rotatable bonds is 6. The molecule has 1 atom stereocenters. The number of aromatic nitrogens is 2. The highest BCUT2D eigenvalue weighted by Gasteiger charge is 2.29. The summed E-state index contributed by atoms with van der Waals surface area (Å²) in [6.45, 7) is 3.74. The van der Waals surface area contributed by atoms with Gasteiger partial charge in [0.1, 0.15) is 10.4 Å². The number of hydrogen-bond donors (Lipinski definition) is 1. The zero-order valence-electron chi connectivity index (χ0n) is 19.9. The molecule has 180 valence electrons. The van der Waals surface area contributed by atoms with E-state index in [0.29, 0.717) is 29.3 Å². The number of amides is 1. The molecule has 35 heavy (non-hydrogen) atoms. The van der Waals surface area contributed by atoms with E-state index in [1.807, 2.05) is 66.9 Å². The van der Waals surface area contributed by atoms with Gasteiger partial charge in [-0.1, -0.05) is 24.3 Å². The highest BCUT2D eigenvalue weighted by molar-refractivity contribution is 7.17. The summed E-state index contributed by atoms with van der Waals surface area (Å²) >= 11 is 1.41. The number of benzene rings is 2. The molecule has 1 aliphatic rings. The number of nitrogens with zero attached hydrogens (tertiary/aromatic N) is 3. The summed E-state index contributed by atoms with van der Waals surface area (Å²) in [4.78, 5) is 33.5. The van der Waals surface area contributed by atoms with E-state index in [2.05, 4.69) is 10.2 Å². The van der Waals surface area contributed by atoms with Crippen LogP contribution in [-0.4, -0.2) is 35.7 Å². The van der Waals surface area contributed by atoms with Gasteiger partial charge in [0.25, 0.3) is 5.56 Å². The van der Waals surface area contributed by atoms with Crippen molar-refractivity contribution in [1.82, 2.24) is 14.9 Å². The molecule has 8 heteroatoms. The van der Waals surface area contributed by atoms with Gasteiger partial charge in [-0.2, -0.15) is 0 Å². The number of fused-ring (bicyclic) bond motifs is 1. The second-order valence-electron chi connectivity index (χ2n) is 8.88. The van der Waals surface area contributed by atoms with E-state index in [1.165, 1.54) is 11.3 Å². The van der Waals surface area contributed by atoms with E-state index in [1.54, 1.807) is 11.7 Å². The van der Waals surface area contributed by atoms with Crippen LogP contribution >= 0.6 is 11.3 Å². The number of carbonyl (C=O) groups excluding carboxylic acids is 1. The Morgan fingerprint density at radius 2 is 2.03 bits per heavy atom. The first kappa shape index (κ1) is 23.1. The van der Waals surface area contributed by atoms with E-state index in [0.717, 1.165) is 42.0 Å². The fourth-order valence-electron chi connectivity index (χ4n) is 4.56. The van der Waals surface area contributed by atoms with E-state index in [-0.39, 0.29) is 17.4 Å². The highest BCUT2D eigenvalue weighted by Crippen LogP contribution is 2.27. The Morgan fingerprint density at radius 3 is 2.80 bits per heavy atom. The number of aryl methyl sites for hydroxylation is 1. The maximum Gasteiger partial charge on any atom is 0.277 e. The molecule has 1 amide bonds. The molecule has 0 radical (unpaired) electrons. The van der Waals surface area contributed by atoms with Crippen LogP contribution in [0.15, 0.2) is 64.8 Å². The Bertz CT molecular complexity index is 1410. The normalized spacial score (nSPS) is 15.8. The first-order valence-corrected chi connectivity index (χ1v) is 12.6. The summed E-state index contributed by atoms with van der Waals surface area (Å²) in [5.74, 6) is 1.23. The molecule has 1 aliphatic heterocycles. The van der Waals surface area contributed by atoms with Crippen molar-refractivity contribution in [2.24, 2.45) is 5.92 Å². The predicted molar refractivity (Wildman–Crippen MR) is 140 cm³/mol. The van der Waals surface area contributed by atoms with Crippen LogP contribution in [0.3, 0.4) is 0 Å². The van der Waals surface area contributed by atoms with Crippen LogP contribution < -0.4 is 20.5 Å². The fourth-order valence-corrected chi connectivity index (χ4v) is 5.32. The van der Waals surface area contributed by atoms with E-state index < -0.39 is 0 Å². The van der Waals surface area contributed by atoms with Gasteiger partial charge in [-0.25, -0.2) is 9.55 Å². The molecule has 0 saturated carbocycles. The van der Waals surface area contributed by atoms with Crippen LogP contribution in [0.5, 0.6) is 5.75 Å². The fraction of sp³-hybridized carbons (Fsp3) is 0.296. The number of nitrogens with one attached hydrogen (secondary N) is 1. The lowest BCUT2D eigenvalue weighted by Crippen LogP contribution is -2.45. The number of ether oxygens (including phenoxy) is 1. The minimum absolute atomic E-state index is 0.0200. The van der Waals surface area contributed by atoms with Gasteiger partial charge in [0.2, 0.25) is 11.9 Å². The summed E-state index contributed by atoms with van der Waals surface area (Å²) < 4.78 is 7.54. The topological polar surface area (TPSA) is 76.5 Å². The average Bonchev–Trinajstić information content (AvgIpc) is 3.37. The van der Waals surface area contributed by atoms with Gasteiger partial charge in [-0.3, -0.25) is 9.59 Å². The third-order valence-corrected chi connectivity index (χ3v) is 7.31. The van der Waals surface area contributed by atoms with Gasteiger partial charge >= 0.3 is 0 Å². The molecule has 7 nitrogen and oxygen atoms in total. The van der Waals surface area contributed by atoms with Gasteiger partial charge in [-0.15, -0.1) is 11.3 Å². The molecule has 5 rings (SSSR count).